The molecule has 0 saturated carbocycles. The quantitative estimate of drug-likeness (QED) is 0.523. The highest BCUT2D eigenvalue weighted by Gasteiger charge is 1.93. The van der Waals surface area contributed by atoms with Crippen LogP contribution in [0.4, 0.5) is 0 Å². The molecular weight excluding hydrogens is 168 g/mol. The first-order chi connectivity index (χ1) is 5.86. The molecule has 0 saturated heterocycles. The summed E-state index contributed by atoms with van der Waals surface area (Å²) < 4.78 is 0. The molecule has 0 spiro atoms. The number of rotatable bonds is 4. The van der Waals surface area contributed by atoms with Gasteiger partial charge in [0.25, 0.3) is 0 Å². The normalized spacial score (nSPS) is 9.75. The molecule has 0 radical (unpaired) electrons. The number of hydrogen-bond donors (Lipinski definition) is 0. The first-order valence-electron chi connectivity index (χ1n) is 4.05. The van der Waals surface area contributed by atoms with Crippen molar-refractivity contribution >= 4 is 18.0 Å². The van der Waals surface area contributed by atoms with Gasteiger partial charge in [-0.2, -0.15) is 0 Å². The van der Waals surface area contributed by atoms with Gasteiger partial charge in [-0.3, -0.25) is 4.79 Å². The lowest BCUT2D eigenvalue weighted by atomic mass is 10.2. The molecule has 0 bridgehead atoms. The highest BCUT2D eigenvalue weighted by Crippen LogP contribution is 2.18. The van der Waals surface area contributed by atoms with Crippen molar-refractivity contribution < 1.29 is 4.79 Å². The first-order valence-corrected chi connectivity index (χ1v) is 5.03. The topological polar surface area (TPSA) is 17.1 Å². The maximum absolute atomic E-state index is 10.4. The van der Waals surface area contributed by atoms with Crippen molar-refractivity contribution in [2.24, 2.45) is 0 Å². The minimum Gasteiger partial charge on any atom is -0.298 e. The minimum atomic E-state index is 0.760. The van der Waals surface area contributed by atoms with E-state index in [1.807, 2.05) is 24.3 Å². The molecular formula is C10H12OS. The predicted octanol–water partition coefficient (Wildman–Crippen LogP) is 3.00. The fourth-order valence-corrected chi connectivity index (χ4v) is 1.73. The van der Waals surface area contributed by atoms with Gasteiger partial charge in [0.2, 0.25) is 0 Å². The van der Waals surface area contributed by atoms with Crippen LogP contribution in [0.5, 0.6) is 0 Å². The molecule has 1 aromatic rings. The molecule has 0 aliphatic heterocycles. The van der Waals surface area contributed by atoms with E-state index in [-0.39, 0.29) is 0 Å². The van der Waals surface area contributed by atoms with E-state index in [1.165, 1.54) is 4.90 Å². The van der Waals surface area contributed by atoms with E-state index in [4.69, 9.17) is 0 Å². The molecule has 0 atom stereocenters. The molecule has 12 heavy (non-hydrogen) atoms. The van der Waals surface area contributed by atoms with Gasteiger partial charge in [-0.1, -0.05) is 19.1 Å². The second-order valence-corrected chi connectivity index (χ2v) is 3.71. The van der Waals surface area contributed by atoms with Crippen molar-refractivity contribution in [3.05, 3.63) is 29.8 Å². The molecule has 1 nitrogen and oxygen atoms in total. The Morgan fingerprint density at radius 2 is 2.33 bits per heavy atom. The lowest BCUT2D eigenvalue weighted by molar-refractivity contribution is 0.112. The Morgan fingerprint density at radius 3 is 3.00 bits per heavy atom. The predicted molar refractivity (Wildman–Crippen MR) is 52.8 cm³/mol. The monoisotopic (exact) mass is 180 g/mol. The summed E-state index contributed by atoms with van der Waals surface area (Å²) in [4.78, 5) is 11.6. The fourth-order valence-electron chi connectivity index (χ4n) is 0.898. The third-order valence-corrected chi connectivity index (χ3v) is 2.67. The van der Waals surface area contributed by atoms with Gasteiger partial charge in [0.15, 0.2) is 0 Å². The van der Waals surface area contributed by atoms with Crippen LogP contribution in [-0.2, 0) is 0 Å². The third-order valence-electron chi connectivity index (χ3n) is 1.47. The Morgan fingerprint density at radius 1 is 1.50 bits per heavy atom. The van der Waals surface area contributed by atoms with E-state index in [1.54, 1.807) is 11.8 Å². The van der Waals surface area contributed by atoms with Gasteiger partial charge < -0.3 is 0 Å². The molecule has 0 unspecified atom stereocenters. The second-order valence-electron chi connectivity index (χ2n) is 2.54. The van der Waals surface area contributed by atoms with Crippen LogP contribution in [0.3, 0.4) is 0 Å². The Labute approximate surface area is 77.2 Å². The van der Waals surface area contributed by atoms with Crippen molar-refractivity contribution in [3.63, 3.8) is 0 Å². The third kappa shape index (κ3) is 2.70. The number of aldehydes is 1. The van der Waals surface area contributed by atoms with Gasteiger partial charge in [-0.25, -0.2) is 0 Å². The summed E-state index contributed by atoms with van der Waals surface area (Å²) in [5.74, 6) is 1.11. The van der Waals surface area contributed by atoms with Crippen molar-refractivity contribution in [3.8, 4) is 0 Å². The molecule has 0 aliphatic rings. The standard InChI is InChI=1S/C10H12OS/c1-2-6-12-10-5-3-4-9(7-10)8-11/h3-5,7-8H,2,6H2,1H3. The molecule has 64 valence electrons. The largest absolute Gasteiger partial charge is 0.298 e. The number of thioether (sulfide) groups is 1. The summed E-state index contributed by atoms with van der Waals surface area (Å²) in [5, 5.41) is 0. The Kier molecular flexibility index (Phi) is 3.88. The molecule has 0 aliphatic carbocycles. The highest BCUT2D eigenvalue weighted by atomic mass is 32.2. The zero-order valence-electron chi connectivity index (χ0n) is 7.12. The fraction of sp³-hybridized carbons (Fsp3) is 0.300. The summed E-state index contributed by atoms with van der Waals surface area (Å²) in [6, 6.07) is 7.70. The van der Waals surface area contributed by atoms with Crippen LogP contribution in [0.2, 0.25) is 0 Å². The molecule has 1 rings (SSSR count). The van der Waals surface area contributed by atoms with Gasteiger partial charge in [0.05, 0.1) is 0 Å². The van der Waals surface area contributed by atoms with Gasteiger partial charge >= 0.3 is 0 Å². The second kappa shape index (κ2) is 4.99. The van der Waals surface area contributed by atoms with Crippen molar-refractivity contribution in [2.75, 3.05) is 5.75 Å². The molecule has 0 aromatic heterocycles. The summed E-state index contributed by atoms with van der Waals surface area (Å²) in [6.45, 7) is 2.15. The molecule has 0 fully saturated rings. The smallest absolute Gasteiger partial charge is 0.150 e. The lowest BCUT2D eigenvalue weighted by Crippen LogP contribution is -1.80. The first kappa shape index (κ1) is 9.33. The number of benzene rings is 1. The van der Waals surface area contributed by atoms with Gasteiger partial charge in [-0.05, 0) is 24.3 Å². The van der Waals surface area contributed by atoms with Crippen molar-refractivity contribution in [1.29, 1.82) is 0 Å². The van der Waals surface area contributed by atoms with Crippen LogP contribution in [-0.4, -0.2) is 12.0 Å². The summed E-state index contributed by atoms with van der Waals surface area (Å²) in [5.41, 5.74) is 0.760. The Bertz CT molecular complexity index is 258. The number of carbonyl (C=O) groups is 1. The SMILES string of the molecule is CCCSc1cccc(C=O)c1. The van der Waals surface area contributed by atoms with E-state index < -0.39 is 0 Å². The zero-order chi connectivity index (χ0) is 8.81. The van der Waals surface area contributed by atoms with Gasteiger partial charge in [0.1, 0.15) is 6.29 Å². The van der Waals surface area contributed by atoms with E-state index in [9.17, 15) is 4.79 Å². The maximum atomic E-state index is 10.4. The molecule has 2 heteroatoms. The van der Waals surface area contributed by atoms with Crippen LogP contribution in [0.1, 0.15) is 23.7 Å². The van der Waals surface area contributed by atoms with Crippen LogP contribution in [0, 0.1) is 0 Å². The summed E-state index contributed by atoms with van der Waals surface area (Å²) >= 11 is 1.79. The van der Waals surface area contributed by atoms with Gasteiger partial charge in [-0.15, -0.1) is 11.8 Å². The number of hydrogen-bond acceptors (Lipinski definition) is 2. The molecule has 0 amide bonds. The van der Waals surface area contributed by atoms with Crippen molar-refractivity contribution in [2.45, 2.75) is 18.2 Å². The van der Waals surface area contributed by atoms with Crippen molar-refractivity contribution in [1.82, 2.24) is 0 Å². The van der Waals surface area contributed by atoms with Crippen LogP contribution in [0.25, 0.3) is 0 Å². The molecule has 1 aromatic carbocycles. The van der Waals surface area contributed by atoms with Gasteiger partial charge in [0, 0.05) is 10.5 Å². The Balaban J connectivity index is 2.66. The average molecular weight is 180 g/mol. The average Bonchev–Trinajstić information content (AvgIpc) is 2.15. The van der Waals surface area contributed by atoms with Crippen LogP contribution < -0.4 is 0 Å². The minimum absolute atomic E-state index is 0.760. The zero-order valence-corrected chi connectivity index (χ0v) is 7.93. The van der Waals surface area contributed by atoms with Crippen LogP contribution in [0.15, 0.2) is 29.2 Å². The molecule has 0 N–H and O–H groups in total. The summed E-state index contributed by atoms with van der Waals surface area (Å²) in [6.07, 6.45) is 2.05. The maximum Gasteiger partial charge on any atom is 0.150 e. The lowest BCUT2D eigenvalue weighted by Gasteiger charge is -1.98. The van der Waals surface area contributed by atoms with E-state index in [2.05, 4.69) is 6.92 Å². The van der Waals surface area contributed by atoms with Crippen LogP contribution >= 0.6 is 11.8 Å². The van der Waals surface area contributed by atoms with E-state index >= 15 is 0 Å². The van der Waals surface area contributed by atoms with E-state index in [0.29, 0.717) is 0 Å². The number of carbonyl (C=O) groups excluding carboxylic acids is 1. The Hall–Kier alpha value is -0.760. The molecule has 0 heterocycles. The summed E-state index contributed by atoms with van der Waals surface area (Å²) in [7, 11) is 0. The highest BCUT2D eigenvalue weighted by molar-refractivity contribution is 7.99. The van der Waals surface area contributed by atoms with E-state index in [0.717, 1.165) is 24.0 Å².